The minimum atomic E-state index is -4.05. The van der Waals surface area contributed by atoms with Crippen LogP contribution in [0, 0.1) is 0 Å². The van der Waals surface area contributed by atoms with E-state index in [4.69, 9.17) is 4.74 Å². The van der Waals surface area contributed by atoms with Gasteiger partial charge >= 0.3 is 6.18 Å². The minimum Gasteiger partial charge on any atom is -0.374 e. The van der Waals surface area contributed by atoms with Crippen LogP contribution in [0.3, 0.4) is 0 Å². The molecule has 0 radical (unpaired) electrons. The fourth-order valence-corrected chi connectivity index (χ4v) is 2.62. The monoisotopic (exact) mass is 288 g/mol. The third kappa shape index (κ3) is 4.72. The van der Waals surface area contributed by atoms with Gasteiger partial charge in [-0.15, -0.1) is 0 Å². The molecule has 0 atom stereocenters. The summed E-state index contributed by atoms with van der Waals surface area (Å²) in [5, 5.41) is 0.728. The second-order valence-corrected chi connectivity index (χ2v) is 4.65. The van der Waals surface area contributed by atoms with Gasteiger partial charge in [0.25, 0.3) is 0 Å². The van der Waals surface area contributed by atoms with Gasteiger partial charge < -0.3 is 4.74 Å². The average molecular weight is 289 g/mol. The maximum absolute atomic E-state index is 11.9. The van der Waals surface area contributed by atoms with Crippen molar-refractivity contribution in [3.63, 3.8) is 0 Å². The maximum Gasteiger partial charge on any atom is 0.389 e. The molecule has 0 saturated heterocycles. The molecule has 1 aliphatic rings. The van der Waals surface area contributed by atoms with Crippen molar-refractivity contribution in [3.05, 3.63) is 0 Å². The van der Waals surface area contributed by atoms with Gasteiger partial charge in [0.1, 0.15) is 0 Å². The summed E-state index contributed by atoms with van der Waals surface area (Å²) in [5.41, 5.74) is -0.189. The Labute approximate surface area is 96.5 Å². The molecule has 0 bridgehead atoms. The highest BCUT2D eigenvalue weighted by Gasteiger charge is 2.34. The summed E-state index contributed by atoms with van der Waals surface area (Å²) in [4.78, 5) is 0. The predicted molar refractivity (Wildman–Crippen MR) is 56.2 cm³/mol. The molecule has 0 N–H and O–H groups in total. The Kier molecular flexibility index (Phi) is 4.90. The second-order valence-electron chi connectivity index (χ2n) is 4.09. The summed E-state index contributed by atoms with van der Waals surface area (Å²) in [6.07, 6.45) is -0.575. The summed E-state index contributed by atoms with van der Waals surface area (Å²) >= 11 is 3.38. The third-order valence-corrected chi connectivity index (χ3v) is 3.79. The zero-order chi connectivity index (χ0) is 11.4. The molecule has 1 aliphatic carbocycles. The van der Waals surface area contributed by atoms with E-state index >= 15 is 0 Å². The van der Waals surface area contributed by atoms with Crippen LogP contribution < -0.4 is 0 Å². The van der Waals surface area contributed by atoms with Crippen molar-refractivity contribution in [2.75, 3.05) is 11.9 Å². The van der Waals surface area contributed by atoms with Crippen LogP contribution in [-0.4, -0.2) is 23.7 Å². The van der Waals surface area contributed by atoms with Crippen molar-refractivity contribution in [2.45, 2.75) is 50.3 Å². The smallest absolute Gasteiger partial charge is 0.374 e. The van der Waals surface area contributed by atoms with Crippen molar-refractivity contribution >= 4 is 15.9 Å². The molecule has 1 nitrogen and oxygen atoms in total. The zero-order valence-corrected chi connectivity index (χ0v) is 10.2. The van der Waals surface area contributed by atoms with Gasteiger partial charge in [0, 0.05) is 18.4 Å². The molecule has 0 aliphatic heterocycles. The maximum atomic E-state index is 11.9. The van der Waals surface area contributed by atoms with Crippen LogP contribution in [0.15, 0.2) is 0 Å². The molecule has 0 unspecified atom stereocenters. The topological polar surface area (TPSA) is 9.23 Å². The molecule has 1 rings (SSSR count). The number of rotatable bonds is 5. The van der Waals surface area contributed by atoms with Crippen molar-refractivity contribution < 1.29 is 17.9 Å². The Hall–Kier alpha value is 0.230. The lowest BCUT2D eigenvalue weighted by Crippen LogP contribution is -2.31. The first-order chi connectivity index (χ1) is 6.97. The highest BCUT2D eigenvalue weighted by atomic mass is 79.9. The number of alkyl halides is 4. The molecule has 0 spiro atoms. The Balaban J connectivity index is 2.18. The molecule has 0 heterocycles. The van der Waals surface area contributed by atoms with E-state index in [2.05, 4.69) is 15.9 Å². The van der Waals surface area contributed by atoms with Crippen LogP contribution in [0.2, 0.25) is 0 Å². The lowest BCUT2D eigenvalue weighted by molar-refractivity contribution is -0.141. The van der Waals surface area contributed by atoms with Crippen LogP contribution >= 0.6 is 15.9 Å². The van der Waals surface area contributed by atoms with Gasteiger partial charge in [-0.05, 0) is 19.3 Å². The molecule has 0 amide bonds. The molecule has 1 fully saturated rings. The summed E-state index contributed by atoms with van der Waals surface area (Å²) < 4.78 is 41.2. The first kappa shape index (κ1) is 13.3. The van der Waals surface area contributed by atoms with Crippen LogP contribution in [0.4, 0.5) is 13.2 Å². The van der Waals surface area contributed by atoms with Crippen LogP contribution in [-0.2, 0) is 4.74 Å². The number of hydrogen-bond acceptors (Lipinski definition) is 1. The van der Waals surface area contributed by atoms with Gasteiger partial charge in [-0.25, -0.2) is 0 Å². The van der Waals surface area contributed by atoms with Gasteiger partial charge in [0.2, 0.25) is 0 Å². The van der Waals surface area contributed by atoms with Crippen molar-refractivity contribution in [2.24, 2.45) is 0 Å². The first-order valence-electron chi connectivity index (χ1n) is 5.24. The molecule has 5 heteroatoms. The van der Waals surface area contributed by atoms with Gasteiger partial charge in [0.05, 0.1) is 5.60 Å². The normalized spacial score (nSPS) is 20.8. The summed E-state index contributed by atoms with van der Waals surface area (Å²) in [6.45, 7) is 0.213. The van der Waals surface area contributed by atoms with E-state index in [1.54, 1.807) is 0 Å². The Morgan fingerprint density at radius 2 is 1.80 bits per heavy atom. The molecule has 1 saturated carbocycles. The summed E-state index contributed by atoms with van der Waals surface area (Å²) in [6, 6.07) is 0. The quantitative estimate of drug-likeness (QED) is 0.548. The van der Waals surface area contributed by atoms with E-state index in [9.17, 15) is 13.2 Å². The van der Waals surface area contributed by atoms with Gasteiger partial charge in [0.15, 0.2) is 0 Å². The van der Waals surface area contributed by atoms with Gasteiger partial charge in [-0.1, -0.05) is 28.8 Å². The molecule has 0 aromatic rings. The van der Waals surface area contributed by atoms with E-state index in [0.717, 1.165) is 31.0 Å². The fraction of sp³-hybridized carbons (Fsp3) is 1.00. The highest BCUT2D eigenvalue weighted by molar-refractivity contribution is 9.09. The first-order valence-corrected chi connectivity index (χ1v) is 6.36. The standard InChI is InChI=1S/C10H16BrF3O/c11-8-9(4-1-2-5-9)15-7-3-6-10(12,13)14/h1-8H2. The lowest BCUT2D eigenvalue weighted by Gasteiger charge is -2.27. The SMILES string of the molecule is FC(F)(F)CCCOC1(CBr)CCCC1. The molecule has 0 aromatic heterocycles. The van der Waals surface area contributed by atoms with Crippen LogP contribution in [0.5, 0.6) is 0 Å². The Morgan fingerprint density at radius 3 is 2.27 bits per heavy atom. The van der Waals surface area contributed by atoms with Gasteiger partial charge in [-0.3, -0.25) is 0 Å². The Morgan fingerprint density at radius 1 is 1.20 bits per heavy atom. The fourth-order valence-electron chi connectivity index (χ4n) is 1.90. The molecule has 0 aromatic carbocycles. The van der Waals surface area contributed by atoms with E-state index in [-0.39, 0.29) is 18.6 Å². The summed E-state index contributed by atoms with van der Waals surface area (Å²) in [5.74, 6) is 0. The van der Waals surface area contributed by atoms with Crippen molar-refractivity contribution in [1.82, 2.24) is 0 Å². The Bertz CT molecular complexity index is 188. The largest absolute Gasteiger partial charge is 0.389 e. The highest BCUT2D eigenvalue weighted by Crippen LogP contribution is 2.35. The number of hydrogen-bond donors (Lipinski definition) is 0. The molecular weight excluding hydrogens is 273 g/mol. The number of ether oxygens (including phenoxy) is 1. The zero-order valence-electron chi connectivity index (χ0n) is 8.58. The van der Waals surface area contributed by atoms with Gasteiger partial charge in [-0.2, -0.15) is 13.2 Å². The van der Waals surface area contributed by atoms with E-state index in [1.165, 1.54) is 0 Å². The minimum absolute atomic E-state index is 0.0677. The molecule has 90 valence electrons. The lowest BCUT2D eigenvalue weighted by atomic mass is 10.1. The molecular formula is C10H16BrF3O. The van der Waals surface area contributed by atoms with E-state index in [0.29, 0.717) is 0 Å². The average Bonchev–Trinajstić information content (AvgIpc) is 2.60. The van der Waals surface area contributed by atoms with Crippen LogP contribution in [0.25, 0.3) is 0 Å². The van der Waals surface area contributed by atoms with Crippen LogP contribution in [0.1, 0.15) is 38.5 Å². The third-order valence-electron chi connectivity index (χ3n) is 2.77. The summed E-state index contributed by atoms with van der Waals surface area (Å²) in [7, 11) is 0. The van der Waals surface area contributed by atoms with E-state index < -0.39 is 12.6 Å². The predicted octanol–water partition coefficient (Wildman–Crippen LogP) is 4.05. The number of halogens is 4. The van der Waals surface area contributed by atoms with Crippen molar-refractivity contribution in [3.8, 4) is 0 Å². The second kappa shape index (κ2) is 5.53. The van der Waals surface area contributed by atoms with Crippen molar-refractivity contribution in [1.29, 1.82) is 0 Å². The van der Waals surface area contributed by atoms with E-state index in [1.807, 2.05) is 0 Å². The molecule has 15 heavy (non-hydrogen) atoms.